The summed E-state index contributed by atoms with van der Waals surface area (Å²) in [6, 6.07) is 16.6. The van der Waals surface area contributed by atoms with E-state index in [1.807, 2.05) is 31.2 Å². The van der Waals surface area contributed by atoms with E-state index in [1.165, 1.54) is 5.56 Å². The minimum atomic E-state index is 0.0327. The van der Waals surface area contributed by atoms with E-state index in [-0.39, 0.29) is 30.5 Å². The topological polar surface area (TPSA) is 70.6 Å². The van der Waals surface area contributed by atoms with Crippen LogP contribution in [0, 0.1) is 0 Å². The molecular weight excluding hydrogens is 328 g/mol. The lowest BCUT2D eigenvalue weighted by Gasteiger charge is -2.46. The van der Waals surface area contributed by atoms with Crippen molar-refractivity contribution in [1.29, 1.82) is 0 Å². The third-order valence-corrected chi connectivity index (χ3v) is 5.05. The van der Waals surface area contributed by atoms with E-state index < -0.39 is 0 Å². The molecule has 26 heavy (non-hydrogen) atoms. The molecule has 0 saturated carbocycles. The van der Waals surface area contributed by atoms with Gasteiger partial charge in [0.15, 0.2) is 0 Å². The van der Waals surface area contributed by atoms with E-state index in [2.05, 4.69) is 34.9 Å². The van der Waals surface area contributed by atoms with Crippen LogP contribution in [-0.4, -0.2) is 43.4 Å². The van der Waals surface area contributed by atoms with E-state index in [4.69, 9.17) is 4.74 Å². The molecule has 1 amide bonds. The van der Waals surface area contributed by atoms with Crippen LogP contribution >= 0.6 is 0 Å². The molecule has 0 aromatic heterocycles. The monoisotopic (exact) mass is 354 g/mol. The Bertz CT molecular complexity index is 728. The van der Waals surface area contributed by atoms with E-state index in [0.29, 0.717) is 13.0 Å². The van der Waals surface area contributed by atoms with Crippen LogP contribution in [0.3, 0.4) is 0 Å². The highest BCUT2D eigenvalue weighted by Crippen LogP contribution is 2.33. The maximum atomic E-state index is 11.5. The molecule has 5 heteroatoms. The Hall–Kier alpha value is -2.37. The highest BCUT2D eigenvalue weighted by molar-refractivity contribution is 5.75. The number of carbonyl (C=O) groups is 1. The van der Waals surface area contributed by atoms with Gasteiger partial charge in [0, 0.05) is 31.0 Å². The van der Waals surface area contributed by atoms with Gasteiger partial charge in [-0.1, -0.05) is 43.3 Å². The molecule has 1 aliphatic heterocycles. The second kappa shape index (κ2) is 8.34. The van der Waals surface area contributed by atoms with Crippen LogP contribution in [0.15, 0.2) is 48.5 Å². The number of benzene rings is 2. The molecule has 2 aromatic rings. The van der Waals surface area contributed by atoms with Gasteiger partial charge in [-0.3, -0.25) is 4.79 Å². The number of amides is 1. The fourth-order valence-corrected chi connectivity index (χ4v) is 3.49. The van der Waals surface area contributed by atoms with Crippen LogP contribution in [-0.2, 0) is 4.79 Å². The number of hydrogen-bond acceptors (Lipinski definition) is 4. The molecule has 3 rings (SSSR count). The molecule has 3 atom stereocenters. The Morgan fingerprint density at radius 3 is 2.23 bits per heavy atom. The van der Waals surface area contributed by atoms with Crippen LogP contribution in [0.5, 0.6) is 5.75 Å². The molecule has 0 spiro atoms. The second-order valence-electron chi connectivity index (χ2n) is 6.60. The van der Waals surface area contributed by atoms with Gasteiger partial charge in [-0.15, -0.1) is 0 Å². The average molecular weight is 354 g/mol. The zero-order valence-corrected chi connectivity index (χ0v) is 15.2. The summed E-state index contributed by atoms with van der Waals surface area (Å²) in [7, 11) is 1.66. The van der Waals surface area contributed by atoms with Gasteiger partial charge in [-0.25, -0.2) is 0 Å². The number of ether oxygens (including phenoxy) is 1. The van der Waals surface area contributed by atoms with Crippen molar-refractivity contribution in [2.75, 3.05) is 20.3 Å². The first-order valence-corrected chi connectivity index (χ1v) is 9.04. The van der Waals surface area contributed by atoms with Gasteiger partial charge < -0.3 is 20.5 Å². The predicted octanol–water partition coefficient (Wildman–Crippen LogP) is 2.30. The maximum absolute atomic E-state index is 11.5. The Morgan fingerprint density at radius 1 is 1.08 bits per heavy atom. The van der Waals surface area contributed by atoms with Crippen LogP contribution < -0.4 is 15.4 Å². The van der Waals surface area contributed by atoms with E-state index in [0.717, 1.165) is 16.9 Å². The van der Waals surface area contributed by atoms with Gasteiger partial charge in [0.2, 0.25) is 5.91 Å². The van der Waals surface area contributed by atoms with Crippen molar-refractivity contribution in [2.24, 2.45) is 0 Å². The van der Waals surface area contributed by atoms with Crippen molar-refractivity contribution >= 4 is 5.91 Å². The average Bonchev–Trinajstić information content (AvgIpc) is 2.68. The predicted molar refractivity (Wildman–Crippen MR) is 102 cm³/mol. The Balaban J connectivity index is 1.71. The smallest absolute Gasteiger partial charge is 0.219 e. The van der Waals surface area contributed by atoms with Gasteiger partial charge in [0.1, 0.15) is 5.75 Å². The minimum absolute atomic E-state index is 0.0327. The third-order valence-electron chi connectivity index (χ3n) is 5.05. The third kappa shape index (κ3) is 3.89. The summed E-state index contributed by atoms with van der Waals surface area (Å²) in [4.78, 5) is 11.5. The largest absolute Gasteiger partial charge is 0.497 e. The summed E-state index contributed by atoms with van der Waals surface area (Å²) >= 11 is 0. The van der Waals surface area contributed by atoms with Gasteiger partial charge in [-0.05, 0) is 28.8 Å². The van der Waals surface area contributed by atoms with Crippen LogP contribution in [0.25, 0.3) is 11.1 Å². The first kappa shape index (κ1) is 18.4. The molecule has 0 aliphatic carbocycles. The van der Waals surface area contributed by atoms with Crippen LogP contribution in [0.4, 0.5) is 0 Å². The zero-order chi connectivity index (χ0) is 18.5. The molecule has 5 nitrogen and oxygen atoms in total. The summed E-state index contributed by atoms with van der Waals surface area (Å²) in [6.07, 6.45) is 0.484. The van der Waals surface area contributed by atoms with Crippen molar-refractivity contribution < 1.29 is 14.6 Å². The standard InChI is InChI=1S/C21H26N2O3/c1-3-20(25)22-12-18-21(19(13-24)23-18)16-6-4-14(5-7-16)15-8-10-17(26-2)11-9-15/h4-11,18-19,21,23-24H,3,12-13H2,1-2H3,(H,22,25)/t18-,19+,21+/m0/s1. The lowest BCUT2D eigenvalue weighted by atomic mass is 9.77. The first-order valence-electron chi connectivity index (χ1n) is 9.04. The fourth-order valence-electron chi connectivity index (χ4n) is 3.49. The van der Waals surface area contributed by atoms with Crippen LogP contribution in [0.1, 0.15) is 24.8 Å². The molecule has 1 heterocycles. The van der Waals surface area contributed by atoms with Crippen molar-refractivity contribution in [3.63, 3.8) is 0 Å². The van der Waals surface area contributed by atoms with E-state index in [1.54, 1.807) is 7.11 Å². The SMILES string of the molecule is CCC(=O)NC[C@@H]1N[C@H](CO)[C@@H]1c1ccc(-c2ccc(OC)cc2)cc1. The fraction of sp³-hybridized carbons (Fsp3) is 0.381. The molecule has 1 fully saturated rings. The molecule has 0 radical (unpaired) electrons. The molecule has 1 saturated heterocycles. The van der Waals surface area contributed by atoms with E-state index >= 15 is 0 Å². The van der Waals surface area contributed by atoms with E-state index in [9.17, 15) is 9.90 Å². The van der Waals surface area contributed by atoms with Crippen molar-refractivity contribution in [2.45, 2.75) is 31.3 Å². The Kier molecular flexibility index (Phi) is 5.91. The summed E-state index contributed by atoms with van der Waals surface area (Å²) in [6.45, 7) is 2.51. The normalized spacial score (nSPS) is 21.7. The molecule has 2 aromatic carbocycles. The maximum Gasteiger partial charge on any atom is 0.219 e. The number of aliphatic hydroxyl groups excluding tert-OH is 1. The molecule has 0 bridgehead atoms. The highest BCUT2D eigenvalue weighted by atomic mass is 16.5. The van der Waals surface area contributed by atoms with Gasteiger partial charge in [0.25, 0.3) is 0 Å². The van der Waals surface area contributed by atoms with Crippen LogP contribution in [0.2, 0.25) is 0 Å². The number of rotatable bonds is 7. The molecule has 138 valence electrons. The first-order chi connectivity index (χ1) is 12.7. The summed E-state index contributed by atoms with van der Waals surface area (Å²) < 4.78 is 5.20. The second-order valence-corrected chi connectivity index (χ2v) is 6.60. The lowest BCUT2D eigenvalue weighted by molar-refractivity contribution is -0.121. The zero-order valence-electron chi connectivity index (χ0n) is 15.2. The number of carbonyl (C=O) groups excluding carboxylic acids is 1. The quantitative estimate of drug-likeness (QED) is 0.714. The number of hydrogen-bond donors (Lipinski definition) is 3. The molecule has 0 unspecified atom stereocenters. The Morgan fingerprint density at radius 2 is 1.69 bits per heavy atom. The number of nitrogens with one attached hydrogen (secondary N) is 2. The lowest BCUT2D eigenvalue weighted by Crippen LogP contribution is -2.64. The van der Waals surface area contributed by atoms with Crippen molar-refractivity contribution in [3.8, 4) is 16.9 Å². The van der Waals surface area contributed by atoms with Gasteiger partial charge in [-0.2, -0.15) is 0 Å². The summed E-state index contributed by atoms with van der Waals surface area (Å²) in [5, 5.41) is 15.8. The summed E-state index contributed by atoms with van der Waals surface area (Å²) in [5.74, 6) is 1.09. The van der Waals surface area contributed by atoms with Gasteiger partial charge in [0.05, 0.1) is 13.7 Å². The Labute approximate surface area is 154 Å². The molecular formula is C21H26N2O3. The summed E-state index contributed by atoms with van der Waals surface area (Å²) in [5.41, 5.74) is 3.45. The molecule has 1 aliphatic rings. The van der Waals surface area contributed by atoms with Crippen molar-refractivity contribution in [1.82, 2.24) is 10.6 Å². The molecule has 3 N–H and O–H groups in total. The minimum Gasteiger partial charge on any atom is -0.497 e. The highest BCUT2D eigenvalue weighted by Gasteiger charge is 2.40. The number of methoxy groups -OCH3 is 1. The number of aliphatic hydroxyl groups is 1. The van der Waals surface area contributed by atoms with Crippen molar-refractivity contribution in [3.05, 3.63) is 54.1 Å². The van der Waals surface area contributed by atoms with Gasteiger partial charge >= 0.3 is 0 Å².